The van der Waals surface area contributed by atoms with Gasteiger partial charge in [0.15, 0.2) is 5.78 Å². The highest BCUT2D eigenvalue weighted by Crippen LogP contribution is 2.24. The first kappa shape index (κ1) is 12.5. The summed E-state index contributed by atoms with van der Waals surface area (Å²) in [5, 5.41) is 0.530. The fourth-order valence-electron chi connectivity index (χ4n) is 1.58. The molecule has 0 fully saturated rings. The van der Waals surface area contributed by atoms with Crippen LogP contribution in [0.5, 0.6) is 5.75 Å². The third-order valence-corrected chi connectivity index (χ3v) is 2.66. The summed E-state index contributed by atoms with van der Waals surface area (Å²) in [5.74, 6) is 0.389. The zero-order valence-electron chi connectivity index (χ0n) is 9.76. The number of halogens is 1. The maximum atomic E-state index is 12.1. The second-order valence-electron chi connectivity index (χ2n) is 3.64. The van der Waals surface area contributed by atoms with E-state index in [2.05, 4.69) is 9.97 Å². The van der Waals surface area contributed by atoms with Gasteiger partial charge in [-0.15, -0.1) is 0 Å². The molecule has 4 nitrogen and oxygen atoms in total. The van der Waals surface area contributed by atoms with Crippen LogP contribution < -0.4 is 4.74 Å². The first-order valence-corrected chi connectivity index (χ1v) is 5.70. The molecule has 1 aromatic carbocycles. The second-order valence-corrected chi connectivity index (χ2v) is 4.08. The van der Waals surface area contributed by atoms with Crippen molar-refractivity contribution in [3.8, 4) is 5.75 Å². The average Bonchev–Trinajstić information content (AvgIpc) is 2.39. The number of ketones is 1. The molecule has 0 saturated carbocycles. The minimum absolute atomic E-state index is 0.0796. The number of hydrogen-bond donors (Lipinski definition) is 0. The Morgan fingerprint density at radius 2 is 2.22 bits per heavy atom. The van der Waals surface area contributed by atoms with Crippen LogP contribution >= 0.6 is 11.6 Å². The molecule has 0 amide bonds. The van der Waals surface area contributed by atoms with E-state index < -0.39 is 0 Å². The Labute approximate surface area is 110 Å². The molecule has 18 heavy (non-hydrogen) atoms. The van der Waals surface area contributed by atoms with Gasteiger partial charge in [-0.1, -0.05) is 11.6 Å². The third kappa shape index (κ3) is 2.84. The van der Waals surface area contributed by atoms with E-state index in [4.69, 9.17) is 16.3 Å². The Kier molecular flexibility index (Phi) is 3.89. The van der Waals surface area contributed by atoms with Crippen molar-refractivity contribution in [2.24, 2.45) is 0 Å². The van der Waals surface area contributed by atoms with Gasteiger partial charge in [-0.05, 0) is 18.2 Å². The molecule has 92 valence electrons. The van der Waals surface area contributed by atoms with Crippen molar-refractivity contribution in [2.75, 3.05) is 7.11 Å². The van der Waals surface area contributed by atoms with Gasteiger partial charge < -0.3 is 4.74 Å². The number of rotatable bonds is 4. The van der Waals surface area contributed by atoms with Gasteiger partial charge in [0.2, 0.25) is 0 Å². The van der Waals surface area contributed by atoms with Crippen molar-refractivity contribution >= 4 is 17.4 Å². The SMILES string of the molecule is COc1cc(Cl)ccc1C(=O)Cc1cnccn1. The van der Waals surface area contributed by atoms with Crippen molar-refractivity contribution in [2.45, 2.75) is 6.42 Å². The van der Waals surface area contributed by atoms with Gasteiger partial charge in [-0.2, -0.15) is 0 Å². The number of aromatic nitrogens is 2. The van der Waals surface area contributed by atoms with E-state index in [-0.39, 0.29) is 12.2 Å². The number of carbonyl (C=O) groups is 1. The lowest BCUT2D eigenvalue weighted by atomic mass is 10.1. The summed E-state index contributed by atoms with van der Waals surface area (Å²) in [7, 11) is 1.50. The minimum atomic E-state index is -0.0796. The standard InChI is InChI=1S/C13H11ClN2O2/c1-18-13-6-9(14)2-3-11(13)12(17)7-10-8-15-4-5-16-10/h2-6,8H,7H2,1H3. The van der Waals surface area contributed by atoms with E-state index in [0.29, 0.717) is 22.0 Å². The fourth-order valence-corrected chi connectivity index (χ4v) is 1.74. The molecule has 0 aliphatic carbocycles. The summed E-state index contributed by atoms with van der Waals surface area (Å²) in [4.78, 5) is 20.1. The number of methoxy groups -OCH3 is 1. The lowest BCUT2D eigenvalue weighted by Crippen LogP contribution is -2.07. The van der Waals surface area contributed by atoms with E-state index in [1.165, 1.54) is 7.11 Å². The lowest BCUT2D eigenvalue weighted by Gasteiger charge is -2.07. The van der Waals surface area contributed by atoms with Crippen LogP contribution in [0.2, 0.25) is 5.02 Å². The van der Waals surface area contributed by atoms with Crippen LogP contribution in [-0.2, 0) is 6.42 Å². The smallest absolute Gasteiger partial charge is 0.172 e. The number of benzene rings is 1. The monoisotopic (exact) mass is 262 g/mol. The van der Waals surface area contributed by atoms with E-state index in [0.717, 1.165) is 0 Å². The first-order chi connectivity index (χ1) is 8.70. The maximum absolute atomic E-state index is 12.1. The number of hydrogen-bond acceptors (Lipinski definition) is 4. The Balaban J connectivity index is 2.24. The largest absolute Gasteiger partial charge is 0.496 e. The van der Waals surface area contributed by atoms with Crippen molar-refractivity contribution in [3.05, 3.63) is 53.1 Å². The van der Waals surface area contributed by atoms with E-state index in [1.807, 2.05) is 0 Å². The molecular formula is C13H11ClN2O2. The fraction of sp³-hybridized carbons (Fsp3) is 0.154. The Hall–Kier alpha value is -1.94. The molecule has 0 bridgehead atoms. The van der Waals surface area contributed by atoms with Crippen LogP contribution in [0.3, 0.4) is 0 Å². The molecule has 0 spiro atoms. The number of ether oxygens (including phenoxy) is 1. The van der Waals surface area contributed by atoms with Crippen LogP contribution in [0.4, 0.5) is 0 Å². The molecule has 0 radical (unpaired) electrons. The van der Waals surface area contributed by atoms with E-state index >= 15 is 0 Å². The molecule has 2 aromatic rings. The summed E-state index contributed by atoms with van der Waals surface area (Å²) < 4.78 is 5.14. The Morgan fingerprint density at radius 1 is 1.39 bits per heavy atom. The zero-order valence-corrected chi connectivity index (χ0v) is 10.5. The van der Waals surface area contributed by atoms with Gasteiger partial charge in [-0.25, -0.2) is 0 Å². The molecule has 0 aliphatic rings. The van der Waals surface area contributed by atoms with Crippen molar-refractivity contribution < 1.29 is 9.53 Å². The molecule has 0 aliphatic heterocycles. The molecule has 5 heteroatoms. The summed E-state index contributed by atoms with van der Waals surface area (Å²) in [6.07, 6.45) is 4.88. The maximum Gasteiger partial charge on any atom is 0.172 e. The van der Waals surface area contributed by atoms with Gasteiger partial charge in [-0.3, -0.25) is 14.8 Å². The summed E-state index contributed by atoms with van der Waals surface area (Å²) >= 11 is 5.85. The van der Waals surface area contributed by atoms with E-state index in [1.54, 1.807) is 36.8 Å². The highest BCUT2D eigenvalue weighted by Gasteiger charge is 2.13. The van der Waals surface area contributed by atoms with Crippen molar-refractivity contribution in [3.63, 3.8) is 0 Å². The zero-order chi connectivity index (χ0) is 13.0. The molecule has 1 heterocycles. The first-order valence-electron chi connectivity index (χ1n) is 5.32. The number of Topliss-reactive ketones (excluding diaryl/α,β-unsaturated/α-hetero) is 1. The average molecular weight is 263 g/mol. The molecule has 0 atom stereocenters. The topological polar surface area (TPSA) is 52.1 Å². The normalized spacial score (nSPS) is 10.1. The van der Waals surface area contributed by atoms with Crippen LogP contribution in [-0.4, -0.2) is 22.9 Å². The van der Waals surface area contributed by atoms with Crippen LogP contribution in [0.15, 0.2) is 36.8 Å². The molecule has 1 aromatic heterocycles. The quantitative estimate of drug-likeness (QED) is 0.795. The van der Waals surface area contributed by atoms with Crippen molar-refractivity contribution in [1.82, 2.24) is 9.97 Å². The Bertz CT molecular complexity index is 558. The predicted molar refractivity (Wildman–Crippen MR) is 68.1 cm³/mol. The molecule has 0 N–H and O–H groups in total. The van der Waals surface area contributed by atoms with Crippen LogP contribution in [0, 0.1) is 0 Å². The summed E-state index contributed by atoms with van der Waals surface area (Å²) in [6.45, 7) is 0. The highest BCUT2D eigenvalue weighted by atomic mass is 35.5. The lowest BCUT2D eigenvalue weighted by molar-refractivity contribution is 0.0989. The minimum Gasteiger partial charge on any atom is -0.496 e. The van der Waals surface area contributed by atoms with Gasteiger partial charge >= 0.3 is 0 Å². The molecule has 0 saturated heterocycles. The Morgan fingerprint density at radius 3 is 2.89 bits per heavy atom. The van der Waals surface area contributed by atoms with Gasteiger partial charge in [0.1, 0.15) is 5.75 Å². The summed E-state index contributed by atoms with van der Waals surface area (Å²) in [5.41, 5.74) is 1.12. The van der Waals surface area contributed by atoms with Crippen LogP contribution in [0.25, 0.3) is 0 Å². The number of nitrogens with zero attached hydrogens (tertiary/aromatic N) is 2. The van der Waals surface area contributed by atoms with E-state index in [9.17, 15) is 4.79 Å². The number of carbonyl (C=O) groups excluding carboxylic acids is 1. The molecular weight excluding hydrogens is 252 g/mol. The van der Waals surface area contributed by atoms with Crippen LogP contribution in [0.1, 0.15) is 16.1 Å². The third-order valence-electron chi connectivity index (χ3n) is 2.42. The van der Waals surface area contributed by atoms with Crippen molar-refractivity contribution in [1.29, 1.82) is 0 Å². The molecule has 2 rings (SSSR count). The predicted octanol–water partition coefficient (Wildman–Crippen LogP) is 2.56. The summed E-state index contributed by atoms with van der Waals surface area (Å²) in [6, 6.07) is 4.93. The van der Waals surface area contributed by atoms with Gasteiger partial charge in [0.05, 0.1) is 24.8 Å². The van der Waals surface area contributed by atoms with Gasteiger partial charge in [0, 0.05) is 23.6 Å². The highest BCUT2D eigenvalue weighted by molar-refractivity contribution is 6.30. The second kappa shape index (κ2) is 5.60. The molecule has 0 unspecified atom stereocenters. The van der Waals surface area contributed by atoms with Gasteiger partial charge in [0.25, 0.3) is 0 Å².